The highest BCUT2D eigenvalue weighted by Gasteiger charge is 2.12. The average molecular weight is 384 g/mol. The highest BCUT2D eigenvalue weighted by atomic mass is 19.1. The molecule has 0 atom stereocenters. The lowest BCUT2D eigenvalue weighted by molar-refractivity contribution is 0.0977. The van der Waals surface area contributed by atoms with E-state index < -0.39 is 11.7 Å². The minimum absolute atomic E-state index is 0.0716. The van der Waals surface area contributed by atoms with E-state index in [0.717, 1.165) is 11.6 Å². The Bertz CT molecular complexity index is 1120. The van der Waals surface area contributed by atoms with Gasteiger partial charge < -0.3 is 11.1 Å². The van der Waals surface area contributed by atoms with E-state index in [1.54, 1.807) is 18.2 Å². The SMILES string of the molecule is [C-]#[N+]c1ccc(C(=O)NC(C=C(N)c2ccccc2)=Nc2ccccc2)cc1F. The highest BCUT2D eigenvalue weighted by Crippen LogP contribution is 2.19. The molecule has 5 nitrogen and oxygen atoms in total. The van der Waals surface area contributed by atoms with Crippen LogP contribution in [0, 0.1) is 12.4 Å². The second kappa shape index (κ2) is 9.11. The Morgan fingerprint density at radius 3 is 2.28 bits per heavy atom. The molecule has 29 heavy (non-hydrogen) atoms. The van der Waals surface area contributed by atoms with Crippen LogP contribution in [0.5, 0.6) is 0 Å². The van der Waals surface area contributed by atoms with Gasteiger partial charge in [-0.3, -0.25) is 4.79 Å². The van der Waals surface area contributed by atoms with Gasteiger partial charge in [-0.15, -0.1) is 0 Å². The quantitative estimate of drug-likeness (QED) is 0.384. The van der Waals surface area contributed by atoms with Crippen LogP contribution in [0.3, 0.4) is 0 Å². The van der Waals surface area contributed by atoms with Crippen molar-refractivity contribution >= 4 is 28.8 Å². The first-order valence-corrected chi connectivity index (χ1v) is 8.71. The number of nitrogens with one attached hydrogen (secondary N) is 1. The van der Waals surface area contributed by atoms with Gasteiger partial charge in [0.05, 0.1) is 12.3 Å². The van der Waals surface area contributed by atoms with Gasteiger partial charge in [0.25, 0.3) is 5.91 Å². The van der Waals surface area contributed by atoms with Gasteiger partial charge in [-0.1, -0.05) is 60.7 Å². The number of nitrogens with two attached hydrogens (primary N) is 1. The van der Waals surface area contributed by atoms with E-state index in [4.69, 9.17) is 12.3 Å². The molecule has 3 aromatic rings. The smallest absolute Gasteiger partial charge is 0.256 e. The molecule has 0 radical (unpaired) electrons. The molecule has 6 heteroatoms. The lowest BCUT2D eigenvalue weighted by Crippen LogP contribution is -2.29. The van der Waals surface area contributed by atoms with Crippen LogP contribution in [-0.2, 0) is 0 Å². The molecule has 142 valence electrons. The zero-order chi connectivity index (χ0) is 20.6. The molecule has 0 saturated heterocycles. The Kier molecular flexibility index (Phi) is 6.13. The van der Waals surface area contributed by atoms with Crippen LogP contribution >= 0.6 is 0 Å². The third-order valence-electron chi connectivity index (χ3n) is 3.98. The Morgan fingerprint density at radius 2 is 1.66 bits per heavy atom. The average Bonchev–Trinajstić information content (AvgIpc) is 2.75. The predicted octanol–water partition coefficient (Wildman–Crippen LogP) is 4.84. The summed E-state index contributed by atoms with van der Waals surface area (Å²) in [6.07, 6.45) is 1.55. The summed E-state index contributed by atoms with van der Waals surface area (Å²) in [5, 5.41) is 2.66. The number of halogens is 1. The number of nitrogens with zero attached hydrogens (tertiary/aromatic N) is 2. The standard InChI is InChI=1S/C23H17FN4O/c1-26-21-13-12-17(14-19(21)24)23(29)28-22(27-18-10-6-3-7-11-18)15-20(25)16-8-4-2-5-9-16/h2-15H,25H2,(H,27,28,29). The molecule has 0 saturated carbocycles. The number of amides is 1. The van der Waals surface area contributed by atoms with Gasteiger partial charge in [0.2, 0.25) is 5.69 Å². The van der Waals surface area contributed by atoms with Crippen molar-refractivity contribution in [3.63, 3.8) is 0 Å². The molecular formula is C23H17FN4O. The van der Waals surface area contributed by atoms with Gasteiger partial charge in [-0.05, 0) is 23.8 Å². The number of aliphatic imine (C=N–C) groups is 1. The molecule has 0 unspecified atom stereocenters. The molecule has 0 heterocycles. The zero-order valence-corrected chi connectivity index (χ0v) is 15.3. The van der Waals surface area contributed by atoms with Crippen LogP contribution in [-0.4, -0.2) is 11.7 Å². The van der Waals surface area contributed by atoms with E-state index in [-0.39, 0.29) is 17.1 Å². The van der Waals surface area contributed by atoms with E-state index in [1.807, 2.05) is 48.5 Å². The Balaban J connectivity index is 1.93. The molecule has 3 rings (SSSR count). The number of benzene rings is 3. The van der Waals surface area contributed by atoms with E-state index in [0.29, 0.717) is 11.4 Å². The lowest BCUT2D eigenvalue weighted by atomic mass is 10.1. The van der Waals surface area contributed by atoms with Crippen molar-refractivity contribution in [1.82, 2.24) is 5.32 Å². The zero-order valence-electron chi connectivity index (χ0n) is 15.3. The molecule has 1 amide bonds. The number of rotatable bonds is 4. The molecule has 3 aromatic carbocycles. The molecule has 3 N–H and O–H groups in total. The Labute approximate surface area is 167 Å². The van der Waals surface area contributed by atoms with Crippen LogP contribution < -0.4 is 11.1 Å². The minimum Gasteiger partial charge on any atom is -0.398 e. The van der Waals surface area contributed by atoms with E-state index in [2.05, 4.69) is 15.2 Å². The lowest BCUT2D eigenvalue weighted by Gasteiger charge is -2.08. The highest BCUT2D eigenvalue weighted by molar-refractivity contribution is 6.12. The summed E-state index contributed by atoms with van der Waals surface area (Å²) in [4.78, 5) is 20.1. The van der Waals surface area contributed by atoms with Crippen LogP contribution in [0.1, 0.15) is 15.9 Å². The minimum atomic E-state index is -0.756. The fourth-order valence-corrected chi connectivity index (χ4v) is 2.53. The molecular weight excluding hydrogens is 367 g/mol. The summed E-state index contributed by atoms with van der Waals surface area (Å²) >= 11 is 0. The molecule has 0 aliphatic carbocycles. The topological polar surface area (TPSA) is 71.8 Å². The number of hydrogen-bond acceptors (Lipinski definition) is 3. The van der Waals surface area contributed by atoms with Gasteiger partial charge in [-0.2, -0.15) is 0 Å². The first kappa shape index (κ1) is 19.5. The largest absolute Gasteiger partial charge is 0.398 e. The number of carbonyl (C=O) groups is 1. The van der Waals surface area contributed by atoms with Crippen molar-refractivity contribution < 1.29 is 9.18 Å². The molecule has 0 aliphatic rings. The molecule has 0 fully saturated rings. The summed E-state index contributed by atoms with van der Waals surface area (Å²) in [5.74, 6) is -1.11. The normalized spacial score (nSPS) is 11.6. The summed E-state index contributed by atoms with van der Waals surface area (Å²) in [6.45, 7) is 6.90. The van der Waals surface area contributed by atoms with Crippen LogP contribution in [0.25, 0.3) is 10.5 Å². The van der Waals surface area contributed by atoms with Crippen LogP contribution in [0.4, 0.5) is 15.8 Å². The number of carbonyl (C=O) groups excluding carboxylic acids is 1. The summed E-state index contributed by atoms with van der Waals surface area (Å²) in [7, 11) is 0. The van der Waals surface area contributed by atoms with Gasteiger partial charge in [0.15, 0.2) is 0 Å². The van der Waals surface area contributed by atoms with Crippen molar-refractivity contribution in [3.8, 4) is 0 Å². The Hall–Kier alpha value is -4.24. The first-order valence-electron chi connectivity index (χ1n) is 8.71. The van der Waals surface area contributed by atoms with Crippen molar-refractivity contribution in [2.75, 3.05) is 0 Å². The molecule has 0 bridgehead atoms. The van der Waals surface area contributed by atoms with E-state index in [1.165, 1.54) is 12.1 Å². The fourth-order valence-electron chi connectivity index (χ4n) is 2.53. The third-order valence-corrected chi connectivity index (χ3v) is 3.98. The first-order chi connectivity index (χ1) is 14.1. The summed E-state index contributed by atoms with van der Waals surface area (Å²) in [6, 6.07) is 22.0. The van der Waals surface area contributed by atoms with Crippen molar-refractivity contribution in [2.45, 2.75) is 0 Å². The van der Waals surface area contributed by atoms with Crippen molar-refractivity contribution in [2.24, 2.45) is 10.7 Å². The molecule has 0 spiro atoms. The van der Waals surface area contributed by atoms with Gasteiger partial charge >= 0.3 is 0 Å². The predicted molar refractivity (Wildman–Crippen MR) is 112 cm³/mol. The van der Waals surface area contributed by atoms with E-state index >= 15 is 0 Å². The maximum Gasteiger partial charge on any atom is 0.256 e. The molecule has 0 aromatic heterocycles. The second-order valence-corrected chi connectivity index (χ2v) is 6.03. The molecule has 0 aliphatic heterocycles. The second-order valence-electron chi connectivity index (χ2n) is 6.03. The van der Waals surface area contributed by atoms with Crippen molar-refractivity contribution in [3.05, 3.63) is 113 Å². The third kappa shape index (κ3) is 5.15. The number of amidine groups is 1. The van der Waals surface area contributed by atoms with Crippen LogP contribution in [0.15, 0.2) is 89.9 Å². The van der Waals surface area contributed by atoms with E-state index in [9.17, 15) is 9.18 Å². The van der Waals surface area contributed by atoms with Crippen molar-refractivity contribution in [1.29, 1.82) is 0 Å². The van der Waals surface area contributed by atoms with Gasteiger partial charge in [-0.25, -0.2) is 14.2 Å². The van der Waals surface area contributed by atoms with Crippen LogP contribution in [0.2, 0.25) is 0 Å². The Morgan fingerprint density at radius 1 is 1.00 bits per heavy atom. The summed E-state index contributed by atoms with van der Waals surface area (Å²) in [5.41, 5.74) is 7.89. The maximum atomic E-state index is 13.9. The summed E-state index contributed by atoms with van der Waals surface area (Å²) < 4.78 is 13.9. The monoisotopic (exact) mass is 384 g/mol. The van der Waals surface area contributed by atoms with Gasteiger partial charge in [0.1, 0.15) is 11.7 Å². The number of para-hydroxylation sites is 1. The maximum absolute atomic E-state index is 13.9. The fraction of sp³-hybridized carbons (Fsp3) is 0. The number of hydrogen-bond donors (Lipinski definition) is 2. The van der Waals surface area contributed by atoms with Gasteiger partial charge in [0, 0.05) is 17.3 Å².